The van der Waals surface area contributed by atoms with Gasteiger partial charge in [0.1, 0.15) is 5.75 Å². The first kappa shape index (κ1) is 10.2. The Morgan fingerprint density at radius 2 is 2.00 bits per heavy atom. The molecule has 0 unspecified atom stereocenters. The summed E-state index contributed by atoms with van der Waals surface area (Å²) in [6.07, 6.45) is 7.15. The Balaban J connectivity index is 1.97. The highest BCUT2D eigenvalue weighted by Gasteiger charge is 2.20. The topological polar surface area (TPSA) is 32.3 Å². The van der Waals surface area contributed by atoms with E-state index in [0.29, 0.717) is 11.8 Å². The third-order valence-electron chi connectivity index (χ3n) is 3.93. The number of fused-ring (bicyclic) bond motifs is 1. The molecule has 86 valence electrons. The third kappa shape index (κ3) is 1.71. The summed E-state index contributed by atoms with van der Waals surface area (Å²) >= 11 is 0. The van der Waals surface area contributed by atoms with Crippen molar-refractivity contribution in [2.24, 2.45) is 0 Å². The summed E-state index contributed by atoms with van der Waals surface area (Å²) in [5.74, 6) is 0.529. The summed E-state index contributed by atoms with van der Waals surface area (Å²) in [5.41, 5.74) is 3.87. The van der Waals surface area contributed by atoms with Crippen LogP contribution in [0.1, 0.15) is 48.4 Å². The number of hydrogen-bond acceptors (Lipinski definition) is 2. The lowest BCUT2D eigenvalue weighted by Gasteiger charge is -2.20. The predicted molar refractivity (Wildman–Crippen MR) is 64.7 cm³/mol. The first-order valence-corrected chi connectivity index (χ1v) is 6.42. The molecule has 2 heteroatoms. The molecular formula is C14H19NO. The van der Waals surface area contributed by atoms with Gasteiger partial charge in [-0.15, -0.1) is 0 Å². The van der Waals surface area contributed by atoms with Gasteiger partial charge in [-0.25, -0.2) is 0 Å². The van der Waals surface area contributed by atoms with Gasteiger partial charge >= 0.3 is 0 Å². The molecule has 1 aliphatic heterocycles. The molecule has 1 aliphatic carbocycles. The summed E-state index contributed by atoms with van der Waals surface area (Å²) in [6, 6.07) is 4.77. The van der Waals surface area contributed by atoms with Gasteiger partial charge in [0.25, 0.3) is 0 Å². The predicted octanol–water partition coefficient (Wildman–Crippen LogP) is 2.70. The molecule has 1 aromatic carbocycles. The average molecular weight is 217 g/mol. The zero-order chi connectivity index (χ0) is 11.0. The number of aromatic hydroxyl groups is 1. The van der Waals surface area contributed by atoms with E-state index in [1.165, 1.54) is 42.4 Å². The van der Waals surface area contributed by atoms with Gasteiger partial charge in [0.2, 0.25) is 0 Å². The number of aryl methyl sites for hydroxylation is 1. The number of phenolic OH excluding ortho intramolecular Hbond substituents is 1. The van der Waals surface area contributed by atoms with Crippen LogP contribution in [0.15, 0.2) is 12.1 Å². The molecule has 2 nitrogen and oxygen atoms in total. The van der Waals surface area contributed by atoms with Crippen molar-refractivity contribution in [3.8, 4) is 5.75 Å². The lowest BCUT2D eigenvalue weighted by atomic mass is 9.88. The molecule has 2 N–H and O–H groups in total. The van der Waals surface area contributed by atoms with Crippen molar-refractivity contribution in [3.63, 3.8) is 0 Å². The van der Waals surface area contributed by atoms with Gasteiger partial charge in [-0.1, -0.05) is 6.07 Å². The number of hydrogen-bond donors (Lipinski definition) is 2. The molecular weight excluding hydrogens is 198 g/mol. The fourth-order valence-electron chi connectivity index (χ4n) is 3.04. The van der Waals surface area contributed by atoms with Gasteiger partial charge < -0.3 is 10.4 Å². The molecule has 0 saturated carbocycles. The van der Waals surface area contributed by atoms with Gasteiger partial charge in [0, 0.05) is 6.04 Å². The van der Waals surface area contributed by atoms with Crippen molar-refractivity contribution in [2.75, 3.05) is 6.54 Å². The van der Waals surface area contributed by atoms with Crippen LogP contribution < -0.4 is 5.32 Å². The van der Waals surface area contributed by atoms with Crippen molar-refractivity contribution in [1.82, 2.24) is 5.32 Å². The van der Waals surface area contributed by atoms with E-state index in [4.69, 9.17) is 0 Å². The summed E-state index contributed by atoms with van der Waals surface area (Å²) in [7, 11) is 0. The molecule has 0 amide bonds. The van der Waals surface area contributed by atoms with Crippen LogP contribution in [0.2, 0.25) is 0 Å². The Morgan fingerprint density at radius 3 is 2.81 bits per heavy atom. The molecule has 0 radical (unpaired) electrons. The Morgan fingerprint density at radius 1 is 1.12 bits per heavy atom. The molecule has 0 spiro atoms. The number of rotatable bonds is 1. The Labute approximate surface area is 96.7 Å². The second kappa shape index (κ2) is 4.10. The lowest BCUT2D eigenvalue weighted by molar-refractivity contribution is 0.459. The smallest absolute Gasteiger partial charge is 0.119 e. The summed E-state index contributed by atoms with van der Waals surface area (Å²) < 4.78 is 0. The highest BCUT2D eigenvalue weighted by atomic mass is 16.3. The van der Waals surface area contributed by atoms with Gasteiger partial charge in [-0.2, -0.15) is 0 Å². The van der Waals surface area contributed by atoms with E-state index in [1.807, 2.05) is 6.07 Å². The van der Waals surface area contributed by atoms with Gasteiger partial charge in [-0.05, 0) is 67.8 Å². The number of nitrogens with one attached hydrogen (secondary N) is 1. The molecule has 1 fully saturated rings. The van der Waals surface area contributed by atoms with E-state index in [1.54, 1.807) is 0 Å². The van der Waals surface area contributed by atoms with Crippen LogP contribution in [0.25, 0.3) is 0 Å². The lowest BCUT2D eigenvalue weighted by Crippen LogP contribution is -2.14. The van der Waals surface area contributed by atoms with Crippen LogP contribution in [0, 0.1) is 0 Å². The third-order valence-corrected chi connectivity index (χ3v) is 3.93. The zero-order valence-electron chi connectivity index (χ0n) is 9.63. The van der Waals surface area contributed by atoms with Crippen molar-refractivity contribution in [3.05, 3.63) is 28.8 Å². The van der Waals surface area contributed by atoms with Crippen molar-refractivity contribution >= 4 is 0 Å². The minimum absolute atomic E-state index is 0.470. The molecule has 1 atom stereocenters. The van der Waals surface area contributed by atoms with Gasteiger partial charge in [-0.3, -0.25) is 0 Å². The second-order valence-electron chi connectivity index (χ2n) is 5.03. The first-order valence-electron chi connectivity index (χ1n) is 6.42. The molecule has 1 aromatic rings. The Kier molecular flexibility index (Phi) is 2.60. The molecule has 3 rings (SSSR count). The van der Waals surface area contributed by atoms with Gasteiger partial charge in [0.05, 0.1) is 0 Å². The highest BCUT2D eigenvalue weighted by Crippen LogP contribution is 2.34. The van der Waals surface area contributed by atoms with E-state index < -0.39 is 0 Å². The van der Waals surface area contributed by atoms with E-state index in [9.17, 15) is 5.11 Å². The van der Waals surface area contributed by atoms with E-state index in [0.717, 1.165) is 19.4 Å². The van der Waals surface area contributed by atoms with Crippen LogP contribution in [0.5, 0.6) is 5.75 Å². The number of phenols is 1. The fraction of sp³-hybridized carbons (Fsp3) is 0.571. The van der Waals surface area contributed by atoms with Crippen LogP contribution >= 0.6 is 0 Å². The SMILES string of the molecule is Oc1cc([C@H]2CCCN2)cc2c1CCCC2. The molecule has 2 aliphatic rings. The first-order chi connectivity index (χ1) is 7.84. The highest BCUT2D eigenvalue weighted by molar-refractivity contribution is 5.45. The standard InChI is InChI=1S/C14H19NO/c16-14-9-11(13-6-3-7-15-13)8-10-4-1-2-5-12(10)14/h8-9,13,15-16H,1-7H2/t13-/m1/s1. The monoisotopic (exact) mass is 217 g/mol. The van der Waals surface area contributed by atoms with Gasteiger partial charge in [0.15, 0.2) is 0 Å². The fourth-order valence-corrected chi connectivity index (χ4v) is 3.04. The summed E-state index contributed by atoms with van der Waals surface area (Å²) in [4.78, 5) is 0. The summed E-state index contributed by atoms with van der Waals surface area (Å²) in [5, 5.41) is 13.6. The molecule has 1 heterocycles. The minimum atomic E-state index is 0.470. The van der Waals surface area contributed by atoms with Crippen molar-refractivity contribution in [1.29, 1.82) is 0 Å². The van der Waals surface area contributed by atoms with E-state index in [-0.39, 0.29) is 0 Å². The van der Waals surface area contributed by atoms with Crippen LogP contribution in [-0.2, 0) is 12.8 Å². The molecule has 16 heavy (non-hydrogen) atoms. The summed E-state index contributed by atoms with van der Waals surface area (Å²) in [6.45, 7) is 1.11. The second-order valence-corrected chi connectivity index (χ2v) is 5.03. The molecule has 1 saturated heterocycles. The van der Waals surface area contributed by atoms with Crippen molar-refractivity contribution < 1.29 is 5.11 Å². The minimum Gasteiger partial charge on any atom is -0.508 e. The normalized spacial score (nSPS) is 24.4. The van der Waals surface area contributed by atoms with Crippen LogP contribution in [0.4, 0.5) is 0 Å². The Hall–Kier alpha value is -1.02. The largest absolute Gasteiger partial charge is 0.508 e. The molecule has 0 aromatic heterocycles. The maximum Gasteiger partial charge on any atom is 0.119 e. The van der Waals surface area contributed by atoms with Crippen LogP contribution in [-0.4, -0.2) is 11.7 Å². The van der Waals surface area contributed by atoms with E-state index >= 15 is 0 Å². The van der Waals surface area contributed by atoms with Crippen molar-refractivity contribution in [2.45, 2.75) is 44.6 Å². The maximum atomic E-state index is 10.1. The van der Waals surface area contributed by atoms with E-state index in [2.05, 4.69) is 11.4 Å². The Bertz CT molecular complexity index is 394. The number of benzene rings is 1. The maximum absolute atomic E-state index is 10.1. The average Bonchev–Trinajstić information content (AvgIpc) is 2.82. The molecule has 0 bridgehead atoms. The quantitative estimate of drug-likeness (QED) is 0.758. The van der Waals surface area contributed by atoms with Crippen LogP contribution in [0.3, 0.4) is 0 Å². The zero-order valence-corrected chi connectivity index (χ0v) is 9.63.